The van der Waals surface area contributed by atoms with Gasteiger partial charge in [0.2, 0.25) is 5.91 Å². The van der Waals surface area contributed by atoms with Crippen molar-refractivity contribution in [3.63, 3.8) is 0 Å². The van der Waals surface area contributed by atoms with Crippen LogP contribution >= 0.6 is 11.6 Å². The van der Waals surface area contributed by atoms with Crippen LogP contribution in [0, 0.1) is 13.8 Å². The highest BCUT2D eigenvalue weighted by atomic mass is 35.5. The van der Waals surface area contributed by atoms with Crippen molar-refractivity contribution in [3.8, 4) is 5.69 Å². The number of nitrogens with zero attached hydrogens (tertiary/aromatic N) is 4. The summed E-state index contributed by atoms with van der Waals surface area (Å²) in [5, 5.41) is 7.92. The molecule has 0 fully saturated rings. The number of anilines is 1. The van der Waals surface area contributed by atoms with Crippen LogP contribution < -0.4 is 10.9 Å². The first-order valence-electron chi connectivity index (χ1n) is 8.98. The summed E-state index contributed by atoms with van der Waals surface area (Å²) in [6, 6.07) is 12.8. The maximum absolute atomic E-state index is 12.8. The monoisotopic (exact) mass is 407 g/mol. The molecule has 2 aromatic carbocycles. The summed E-state index contributed by atoms with van der Waals surface area (Å²) in [5.41, 5.74) is 3.72. The molecule has 4 aromatic rings. The largest absolute Gasteiger partial charge is 0.324 e. The summed E-state index contributed by atoms with van der Waals surface area (Å²) in [5.74, 6) is -0.350. The van der Waals surface area contributed by atoms with Gasteiger partial charge in [0.1, 0.15) is 18.3 Å². The molecule has 2 heterocycles. The highest BCUT2D eigenvalue weighted by Gasteiger charge is 2.14. The van der Waals surface area contributed by atoms with Crippen molar-refractivity contribution in [2.45, 2.75) is 20.4 Å². The Kier molecular flexibility index (Phi) is 4.90. The number of amides is 1. The van der Waals surface area contributed by atoms with E-state index in [-0.39, 0.29) is 18.0 Å². The number of rotatable bonds is 4. The van der Waals surface area contributed by atoms with E-state index in [0.29, 0.717) is 21.7 Å². The third kappa shape index (κ3) is 3.77. The molecular formula is C21H18ClN5O2. The third-order valence-electron chi connectivity index (χ3n) is 4.56. The number of carbonyl (C=O) groups excluding carboxylic acids is 1. The maximum atomic E-state index is 12.8. The molecule has 2 aromatic heterocycles. The predicted molar refractivity (Wildman–Crippen MR) is 113 cm³/mol. The lowest BCUT2D eigenvalue weighted by Gasteiger charge is -2.09. The number of aryl methyl sites for hydroxylation is 2. The van der Waals surface area contributed by atoms with Crippen molar-refractivity contribution in [2.75, 3.05) is 5.32 Å². The predicted octanol–water partition coefficient (Wildman–Crippen LogP) is 3.49. The number of hydrogen-bond donors (Lipinski definition) is 1. The van der Waals surface area contributed by atoms with Crippen molar-refractivity contribution in [3.05, 3.63) is 81.5 Å². The van der Waals surface area contributed by atoms with E-state index in [0.717, 1.165) is 16.8 Å². The fourth-order valence-electron chi connectivity index (χ4n) is 3.20. The molecule has 1 N–H and O–H groups in total. The molecule has 0 aliphatic heterocycles. The molecule has 0 saturated carbocycles. The van der Waals surface area contributed by atoms with Gasteiger partial charge < -0.3 is 5.32 Å². The van der Waals surface area contributed by atoms with Crippen molar-refractivity contribution in [1.29, 1.82) is 0 Å². The number of hydrogen-bond acceptors (Lipinski definition) is 4. The van der Waals surface area contributed by atoms with Crippen molar-refractivity contribution in [1.82, 2.24) is 19.3 Å². The van der Waals surface area contributed by atoms with Crippen LogP contribution in [0.3, 0.4) is 0 Å². The minimum absolute atomic E-state index is 0.164. The molecule has 0 spiro atoms. The van der Waals surface area contributed by atoms with Gasteiger partial charge in [0.15, 0.2) is 5.65 Å². The van der Waals surface area contributed by atoms with Crippen molar-refractivity contribution in [2.24, 2.45) is 0 Å². The second-order valence-electron chi connectivity index (χ2n) is 6.82. The van der Waals surface area contributed by atoms with E-state index >= 15 is 0 Å². The lowest BCUT2D eigenvalue weighted by atomic mass is 10.1. The van der Waals surface area contributed by atoms with Crippen LogP contribution in [0.1, 0.15) is 11.1 Å². The number of benzene rings is 2. The Hall–Kier alpha value is -3.45. The Labute approximate surface area is 171 Å². The molecule has 0 unspecified atom stereocenters. The van der Waals surface area contributed by atoms with E-state index in [1.165, 1.54) is 17.1 Å². The van der Waals surface area contributed by atoms with Gasteiger partial charge in [-0.3, -0.25) is 14.2 Å². The van der Waals surface area contributed by atoms with Gasteiger partial charge in [-0.2, -0.15) is 5.10 Å². The van der Waals surface area contributed by atoms with Crippen LogP contribution in [-0.4, -0.2) is 25.2 Å². The lowest BCUT2D eigenvalue weighted by molar-refractivity contribution is -0.116. The summed E-state index contributed by atoms with van der Waals surface area (Å²) < 4.78 is 2.90. The second kappa shape index (κ2) is 7.52. The van der Waals surface area contributed by atoms with Gasteiger partial charge >= 0.3 is 0 Å². The first-order chi connectivity index (χ1) is 13.9. The Morgan fingerprint density at radius 3 is 2.76 bits per heavy atom. The molecule has 8 heteroatoms. The summed E-state index contributed by atoms with van der Waals surface area (Å²) in [6.07, 6.45) is 2.85. The van der Waals surface area contributed by atoms with E-state index in [2.05, 4.69) is 15.4 Å². The molecule has 1 amide bonds. The topological polar surface area (TPSA) is 81.8 Å². The Balaban J connectivity index is 1.63. The molecule has 29 heavy (non-hydrogen) atoms. The molecule has 0 radical (unpaired) electrons. The van der Waals surface area contributed by atoms with Gasteiger partial charge in [-0.05, 0) is 43.7 Å². The van der Waals surface area contributed by atoms with Crippen LogP contribution in [-0.2, 0) is 11.3 Å². The number of aromatic nitrogens is 4. The van der Waals surface area contributed by atoms with Gasteiger partial charge in [-0.1, -0.05) is 35.4 Å². The number of halogens is 1. The van der Waals surface area contributed by atoms with Crippen LogP contribution in [0.2, 0.25) is 5.02 Å². The van der Waals surface area contributed by atoms with E-state index in [4.69, 9.17) is 11.6 Å². The molecule has 0 bridgehead atoms. The quantitative estimate of drug-likeness (QED) is 0.561. The summed E-state index contributed by atoms with van der Waals surface area (Å²) >= 11 is 5.93. The second-order valence-corrected chi connectivity index (χ2v) is 7.26. The van der Waals surface area contributed by atoms with Gasteiger partial charge in [-0.25, -0.2) is 9.67 Å². The highest BCUT2D eigenvalue weighted by molar-refractivity contribution is 6.30. The Morgan fingerprint density at radius 2 is 2.00 bits per heavy atom. The third-order valence-corrected chi connectivity index (χ3v) is 4.79. The summed E-state index contributed by atoms with van der Waals surface area (Å²) in [7, 11) is 0. The smallest absolute Gasteiger partial charge is 0.264 e. The van der Waals surface area contributed by atoms with E-state index in [1.54, 1.807) is 28.9 Å². The van der Waals surface area contributed by atoms with Gasteiger partial charge in [0.05, 0.1) is 11.9 Å². The zero-order chi connectivity index (χ0) is 20.5. The van der Waals surface area contributed by atoms with Crippen LogP contribution in [0.5, 0.6) is 0 Å². The fourth-order valence-corrected chi connectivity index (χ4v) is 3.39. The molecule has 0 saturated heterocycles. The number of nitrogens with one attached hydrogen (secondary N) is 1. The molecule has 0 atom stereocenters. The zero-order valence-electron chi connectivity index (χ0n) is 15.9. The minimum Gasteiger partial charge on any atom is -0.324 e. The van der Waals surface area contributed by atoms with Crippen LogP contribution in [0.15, 0.2) is 59.8 Å². The van der Waals surface area contributed by atoms with Crippen molar-refractivity contribution >= 4 is 34.2 Å². The molecule has 0 aliphatic rings. The lowest BCUT2D eigenvalue weighted by Crippen LogP contribution is -2.27. The van der Waals surface area contributed by atoms with Crippen molar-refractivity contribution < 1.29 is 4.79 Å². The minimum atomic E-state index is -0.350. The van der Waals surface area contributed by atoms with Crippen LogP contribution in [0.25, 0.3) is 16.7 Å². The van der Waals surface area contributed by atoms with E-state index in [1.807, 2.05) is 32.0 Å². The SMILES string of the molecule is Cc1ccc(-n2ncc3c(=O)n(CC(=O)Nc4cccc(Cl)c4)cnc32)c(C)c1. The Morgan fingerprint density at radius 1 is 1.17 bits per heavy atom. The zero-order valence-corrected chi connectivity index (χ0v) is 16.6. The van der Waals surface area contributed by atoms with Crippen LogP contribution in [0.4, 0.5) is 5.69 Å². The van der Waals surface area contributed by atoms with E-state index < -0.39 is 0 Å². The normalized spacial score (nSPS) is 11.0. The highest BCUT2D eigenvalue weighted by Crippen LogP contribution is 2.19. The average Bonchev–Trinajstić information content (AvgIpc) is 3.08. The number of carbonyl (C=O) groups is 1. The standard InChI is InChI=1S/C21H18ClN5O2/c1-13-6-7-18(14(2)8-13)27-20-17(10-24-27)21(29)26(12-23-20)11-19(28)25-16-5-3-4-15(22)9-16/h3-10,12H,11H2,1-2H3,(H,25,28). The van der Waals surface area contributed by atoms with Gasteiger partial charge in [0.25, 0.3) is 5.56 Å². The fraction of sp³-hybridized carbons (Fsp3) is 0.143. The maximum Gasteiger partial charge on any atom is 0.264 e. The first kappa shape index (κ1) is 18.9. The van der Waals surface area contributed by atoms with Gasteiger partial charge in [0, 0.05) is 10.7 Å². The Bertz CT molecular complexity index is 1290. The van der Waals surface area contributed by atoms with Gasteiger partial charge in [-0.15, -0.1) is 0 Å². The molecule has 7 nitrogen and oxygen atoms in total. The summed E-state index contributed by atoms with van der Waals surface area (Å²) in [4.78, 5) is 29.5. The number of fused-ring (bicyclic) bond motifs is 1. The molecule has 4 rings (SSSR count). The first-order valence-corrected chi connectivity index (χ1v) is 9.36. The van der Waals surface area contributed by atoms with E-state index in [9.17, 15) is 9.59 Å². The molecular weight excluding hydrogens is 390 g/mol. The molecule has 0 aliphatic carbocycles. The average molecular weight is 408 g/mol. The summed E-state index contributed by atoms with van der Waals surface area (Å²) in [6.45, 7) is 3.84. The molecule has 146 valence electrons.